The molecule has 0 aliphatic carbocycles. The molecule has 2 aromatic heterocycles. The van der Waals surface area contributed by atoms with Gasteiger partial charge in [0.15, 0.2) is 11.5 Å². The Hall–Kier alpha value is -2.17. The van der Waals surface area contributed by atoms with Crippen LogP contribution in [-0.4, -0.2) is 37.3 Å². The second-order valence-corrected chi connectivity index (χ2v) is 4.80. The number of anilines is 1. The van der Waals surface area contributed by atoms with E-state index in [2.05, 4.69) is 20.9 Å². The zero-order valence-corrected chi connectivity index (χ0v) is 10.8. The fourth-order valence-corrected chi connectivity index (χ4v) is 2.60. The van der Waals surface area contributed by atoms with E-state index in [1.807, 2.05) is 4.57 Å². The molecule has 7 nitrogen and oxygen atoms in total. The van der Waals surface area contributed by atoms with Crippen molar-refractivity contribution in [3.8, 4) is 12.3 Å². The molecule has 3 N–H and O–H groups in total. The van der Waals surface area contributed by atoms with E-state index >= 15 is 0 Å². The zero-order chi connectivity index (χ0) is 14.1. The molecule has 1 saturated heterocycles. The topological polar surface area (TPSA) is 99.1 Å². The predicted molar refractivity (Wildman–Crippen MR) is 72.3 cm³/mol. The number of hydrogen-bond donors (Lipinski definition) is 2. The number of aromatic nitrogens is 4. The summed E-state index contributed by atoms with van der Waals surface area (Å²) < 4.78 is 7.66. The third-order valence-electron chi connectivity index (χ3n) is 3.62. The summed E-state index contributed by atoms with van der Waals surface area (Å²) in [5, 5.41) is 9.37. The number of terminal acetylenes is 1. The fourth-order valence-electron chi connectivity index (χ4n) is 2.60. The first kappa shape index (κ1) is 12.8. The lowest BCUT2D eigenvalue weighted by Gasteiger charge is -2.14. The van der Waals surface area contributed by atoms with E-state index in [4.69, 9.17) is 16.9 Å². The quantitative estimate of drug-likeness (QED) is 0.782. The molecule has 7 heteroatoms. The first-order valence-electron chi connectivity index (χ1n) is 6.37. The molecule has 0 spiro atoms. The van der Waals surface area contributed by atoms with Crippen molar-refractivity contribution < 1.29 is 9.84 Å². The second kappa shape index (κ2) is 5.07. The summed E-state index contributed by atoms with van der Waals surface area (Å²) in [5.41, 5.74) is 6.94. The number of ether oxygens (including phenoxy) is 1. The minimum Gasteiger partial charge on any atom is -0.394 e. The molecule has 0 aromatic carbocycles. The minimum atomic E-state index is -0.257. The number of rotatable bonds is 3. The molecular formula is C13H15N5O2. The van der Waals surface area contributed by atoms with Crippen LogP contribution in [-0.2, 0) is 4.74 Å². The third-order valence-corrected chi connectivity index (χ3v) is 3.62. The van der Waals surface area contributed by atoms with Crippen LogP contribution in [0.4, 0.5) is 5.82 Å². The SMILES string of the molecule is C#CC[C@H]1C[C@H](n2cnc3c(N)ncnc32)O[C@@H]1CO. The van der Waals surface area contributed by atoms with Gasteiger partial charge < -0.3 is 15.6 Å². The Bertz CT molecular complexity index is 662. The van der Waals surface area contributed by atoms with Crippen molar-refractivity contribution in [2.75, 3.05) is 12.3 Å². The highest BCUT2D eigenvalue weighted by Gasteiger charge is 2.36. The molecule has 3 atom stereocenters. The maximum absolute atomic E-state index is 9.37. The standard InChI is InChI=1S/C13H15N5O2/c1-2-3-8-4-10(20-9(8)5-19)18-7-17-11-12(14)15-6-16-13(11)18/h1,6-10,19H,3-5H2,(H2,14,15,16)/t8-,9+,10+/m0/s1. The van der Waals surface area contributed by atoms with Crippen molar-refractivity contribution in [3.05, 3.63) is 12.7 Å². The van der Waals surface area contributed by atoms with Gasteiger partial charge in [-0.1, -0.05) is 0 Å². The zero-order valence-electron chi connectivity index (χ0n) is 10.8. The average Bonchev–Trinajstić information content (AvgIpc) is 3.03. The van der Waals surface area contributed by atoms with Crippen LogP contribution in [0.3, 0.4) is 0 Å². The number of imidazole rings is 1. The Morgan fingerprint density at radius 1 is 1.50 bits per heavy atom. The molecule has 104 valence electrons. The average molecular weight is 273 g/mol. The molecule has 0 bridgehead atoms. The molecular weight excluding hydrogens is 258 g/mol. The minimum absolute atomic E-state index is 0.0490. The number of fused-ring (bicyclic) bond motifs is 1. The number of aliphatic hydroxyl groups excluding tert-OH is 1. The summed E-state index contributed by atoms with van der Waals surface area (Å²) in [4.78, 5) is 12.3. The Labute approximate surface area is 115 Å². The number of nitrogens with zero attached hydrogens (tertiary/aromatic N) is 4. The highest BCUT2D eigenvalue weighted by atomic mass is 16.5. The lowest BCUT2D eigenvalue weighted by atomic mass is 9.98. The Kier molecular flexibility index (Phi) is 3.26. The van der Waals surface area contributed by atoms with Gasteiger partial charge in [-0.25, -0.2) is 15.0 Å². The van der Waals surface area contributed by atoms with Gasteiger partial charge in [-0.3, -0.25) is 4.57 Å². The Balaban J connectivity index is 1.93. The molecule has 0 saturated carbocycles. The molecule has 2 aromatic rings. The van der Waals surface area contributed by atoms with Crippen LogP contribution in [0, 0.1) is 18.3 Å². The van der Waals surface area contributed by atoms with Gasteiger partial charge >= 0.3 is 0 Å². The van der Waals surface area contributed by atoms with Crippen LogP contribution in [0.5, 0.6) is 0 Å². The maximum Gasteiger partial charge on any atom is 0.167 e. The molecule has 20 heavy (non-hydrogen) atoms. The number of aliphatic hydroxyl groups is 1. The van der Waals surface area contributed by atoms with Crippen molar-refractivity contribution in [2.45, 2.75) is 25.2 Å². The van der Waals surface area contributed by atoms with Crippen LogP contribution >= 0.6 is 0 Å². The third kappa shape index (κ3) is 1.99. The van der Waals surface area contributed by atoms with Gasteiger partial charge in [0.05, 0.1) is 19.0 Å². The first-order valence-corrected chi connectivity index (χ1v) is 6.37. The summed E-state index contributed by atoms with van der Waals surface area (Å²) in [6, 6.07) is 0. The molecule has 1 aliphatic rings. The molecule has 3 heterocycles. The van der Waals surface area contributed by atoms with Gasteiger partial charge in [0.1, 0.15) is 18.1 Å². The van der Waals surface area contributed by atoms with Crippen LogP contribution < -0.4 is 5.73 Å². The van der Waals surface area contributed by atoms with E-state index in [0.29, 0.717) is 29.8 Å². The highest BCUT2D eigenvalue weighted by molar-refractivity contribution is 5.81. The van der Waals surface area contributed by atoms with Crippen molar-refractivity contribution >= 4 is 17.0 Å². The number of hydrogen-bond acceptors (Lipinski definition) is 6. The van der Waals surface area contributed by atoms with Crippen molar-refractivity contribution in [1.82, 2.24) is 19.5 Å². The summed E-state index contributed by atoms with van der Waals surface area (Å²) in [5.74, 6) is 3.09. The summed E-state index contributed by atoms with van der Waals surface area (Å²) in [6.07, 6.45) is 9.17. The van der Waals surface area contributed by atoms with E-state index in [0.717, 1.165) is 0 Å². The largest absolute Gasteiger partial charge is 0.394 e. The van der Waals surface area contributed by atoms with E-state index in [1.165, 1.54) is 6.33 Å². The van der Waals surface area contributed by atoms with Crippen LogP contribution in [0.25, 0.3) is 11.2 Å². The summed E-state index contributed by atoms with van der Waals surface area (Å²) in [7, 11) is 0. The highest BCUT2D eigenvalue weighted by Crippen LogP contribution is 2.36. The van der Waals surface area contributed by atoms with Crippen LogP contribution in [0.15, 0.2) is 12.7 Å². The molecule has 0 amide bonds. The van der Waals surface area contributed by atoms with Crippen LogP contribution in [0.2, 0.25) is 0 Å². The van der Waals surface area contributed by atoms with Gasteiger partial charge in [-0.15, -0.1) is 12.3 Å². The van der Waals surface area contributed by atoms with Gasteiger partial charge in [0.25, 0.3) is 0 Å². The maximum atomic E-state index is 9.37. The normalized spacial score (nSPS) is 25.9. The van der Waals surface area contributed by atoms with Gasteiger partial charge in [0.2, 0.25) is 0 Å². The van der Waals surface area contributed by atoms with Crippen molar-refractivity contribution in [3.63, 3.8) is 0 Å². The molecule has 1 fully saturated rings. The Morgan fingerprint density at radius 2 is 2.35 bits per heavy atom. The fraction of sp³-hybridized carbons (Fsp3) is 0.462. The lowest BCUT2D eigenvalue weighted by Crippen LogP contribution is -2.20. The molecule has 0 unspecified atom stereocenters. The van der Waals surface area contributed by atoms with Gasteiger partial charge in [-0.2, -0.15) is 0 Å². The van der Waals surface area contributed by atoms with Crippen molar-refractivity contribution in [1.29, 1.82) is 0 Å². The van der Waals surface area contributed by atoms with E-state index < -0.39 is 0 Å². The van der Waals surface area contributed by atoms with Gasteiger partial charge in [0, 0.05) is 12.3 Å². The van der Waals surface area contributed by atoms with Crippen molar-refractivity contribution in [2.24, 2.45) is 5.92 Å². The molecule has 1 aliphatic heterocycles. The first-order chi connectivity index (χ1) is 9.74. The Morgan fingerprint density at radius 3 is 3.10 bits per heavy atom. The molecule has 3 rings (SSSR count). The number of nitrogens with two attached hydrogens (primary N) is 1. The van der Waals surface area contributed by atoms with Gasteiger partial charge in [-0.05, 0) is 6.42 Å². The summed E-state index contributed by atoms with van der Waals surface area (Å²) >= 11 is 0. The van der Waals surface area contributed by atoms with E-state index in [9.17, 15) is 5.11 Å². The van der Waals surface area contributed by atoms with Crippen LogP contribution in [0.1, 0.15) is 19.1 Å². The number of nitrogen functional groups attached to an aromatic ring is 1. The lowest BCUT2D eigenvalue weighted by molar-refractivity contribution is -0.0287. The molecule has 0 radical (unpaired) electrons. The van der Waals surface area contributed by atoms with E-state index in [-0.39, 0.29) is 24.9 Å². The second-order valence-electron chi connectivity index (χ2n) is 4.80. The monoisotopic (exact) mass is 273 g/mol. The smallest absolute Gasteiger partial charge is 0.167 e. The summed E-state index contributed by atoms with van der Waals surface area (Å²) in [6.45, 7) is -0.0490. The van der Waals surface area contributed by atoms with E-state index in [1.54, 1.807) is 6.33 Å². The predicted octanol–water partition coefficient (Wildman–Crippen LogP) is 0.328.